The third kappa shape index (κ3) is 0.980. The summed E-state index contributed by atoms with van der Waals surface area (Å²) in [5.74, 6) is 8.92. The Kier molecular flexibility index (Phi) is 1.68. The first kappa shape index (κ1) is 9.58. The van der Waals surface area contributed by atoms with E-state index in [9.17, 15) is 4.79 Å². The molecule has 5 saturated carbocycles. The van der Waals surface area contributed by atoms with Crippen LogP contribution in [-0.4, -0.2) is 6.29 Å². The van der Waals surface area contributed by atoms with E-state index in [2.05, 4.69) is 0 Å². The van der Waals surface area contributed by atoms with Crippen LogP contribution < -0.4 is 0 Å². The molecule has 1 nitrogen and oxygen atoms in total. The summed E-state index contributed by atoms with van der Waals surface area (Å²) in [5.41, 5.74) is 0. The Bertz CT molecular complexity index is 346. The molecule has 0 heterocycles. The smallest absolute Gasteiger partial charge is 0.123 e. The van der Waals surface area contributed by atoms with Gasteiger partial charge in [0.2, 0.25) is 0 Å². The molecule has 5 fully saturated rings. The number of hydrogen-bond acceptors (Lipinski definition) is 1. The van der Waals surface area contributed by atoms with E-state index in [0.717, 1.165) is 47.3 Å². The average Bonchev–Trinajstić information content (AvgIpc) is 3.10. The van der Waals surface area contributed by atoms with Crippen LogP contribution >= 0.6 is 0 Å². The largest absolute Gasteiger partial charge is 0.303 e. The monoisotopic (exact) mass is 230 g/mol. The zero-order valence-corrected chi connectivity index (χ0v) is 10.4. The van der Waals surface area contributed by atoms with Gasteiger partial charge in [-0.25, -0.2) is 0 Å². The van der Waals surface area contributed by atoms with E-state index >= 15 is 0 Å². The Morgan fingerprint density at radius 3 is 1.82 bits per heavy atom. The van der Waals surface area contributed by atoms with Crippen molar-refractivity contribution >= 4 is 6.29 Å². The van der Waals surface area contributed by atoms with E-state index in [1.165, 1.54) is 19.1 Å². The Hall–Kier alpha value is -0.330. The van der Waals surface area contributed by atoms with Gasteiger partial charge >= 0.3 is 0 Å². The lowest BCUT2D eigenvalue weighted by molar-refractivity contribution is -0.111. The zero-order chi connectivity index (χ0) is 11.1. The second kappa shape index (κ2) is 2.97. The maximum Gasteiger partial charge on any atom is 0.123 e. The van der Waals surface area contributed by atoms with Crippen LogP contribution in [-0.2, 0) is 4.79 Å². The molecule has 5 aliphatic carbocycles. The molecule has 17 heavy (non-hydrogen) atoms. The van der Waals surface area contributed by atoms with Gasteiger partial charge in [0.25, 0.3) is 0 Å². The van der Waals surface area contributed by atoms with Crippen molar-refractivity contribution < 1.29 is 4.79 Å². The minimum atomic E-state index is 0.437. The minimum Gasteiger partial charge on any atom is -0.303 e. The van der Waals surface area contributed by atoms with Crippen LogP contribution in [0, 0.1) is 53.3 Å². The predicted octanol–water partition coefficient (Wildman–Crippen LogP) is 3.14. The Labute approximate surface area is 103 Å². The highest BCUT2D eigenvalue weighted by molar-refractivity contribution is 5.54. The normalized spacial score (nSPS) is 66.2. The molecule has 0 radical (unpaired) electrons. The summed E-state index contributed by atoms with van der Waals surface area (Å²) in [6.45, 7) is 0. The van der Waals surface area contributed by atoms with Crippen LogP contribution in [0.25, 0.3) is 0 Å². The molecule has 0 spiro atoms. The fourth-order valence-electron chi connectivity index (χ4n) is 7.44. The molecule has 0 saturated heterocycles. The molecule has 1 heteroatoms. The Morgan fingerprint density at radius 2 is 1.29 bits per heavy atom. The first-order chi connectivity index (χ1) is 8.36. The summed E-state index contributed by atoms with van der Waals surface area (Å²) < 4.78 is 0. The van der Waals surface area contributed by atoms with Crippen LogP contribution in [0.2, 0.25) is 0 Å². The van der Waals surface area contributed by atoms with Crippen LogP contribution in [0.5, 0.6) is 0 Å². The molecule has 5 rings (SSSR count). The number of fused-ring (bicyclic) bond motifs is 12. The quantitative estimate of drug-likeness (QED) is 0.499. The number of aldehydes is 1. The summed E-state index contributed by atoms with van der Waals surface area (Å²) in [4.78, 5) is 11.1. The molecule has 8 atom stereocenters. The molecule has 0 N–H and O–H groups in total. The molecular formula is C16H22O. The standard InChI is InChI=1S/C16H22O/c17-7-8-3-11-12(4-8)14-6-13(11)15-9-1-2-10(5-9)16(14)15/h7-16H,1-6H2. The van der Waals surface area contributed by atoms with Gasteiger partial charge in [-0.2, -0.15) is 0 Å². The molecule has 0 aromatic carbocycles. The van der Waals surface area contributed by atoms with Crippen molar-refractivity contribution in [2.24, 2.45) is 53.3 Å². The predicted molar refractivity (Wildman–Crippen MR) is 65.2 cm³/mol. The molecule has 0 amide bonds. The van der Waals surface area contributed by atoms with Crippen molar-refractivity contribution in [2.75, 3.05) is 0 Å². The number of carbonyl (C=O) groups is 1. The fraction of sp³-hybridized carbons (Fsp3) is 0.938. The fourth-order valence-corrected chi connectivity index (χ4v) is 7.44. The van der Waals surface area contributed by atoms with Crippen molar-refractivity contribution in [1.82, 2.24) is 0 Å². The Balaban J connectivity index is 1.51. The number of hydrogen-bond donors (Lipinski definition) is 0. The van der Waals surface area contributed by atoms with Gasteiger partial charge in [-0.3, -0.25) is 0 Å². The average molecular weight is 230 g/mol. The third-order valence-corrected chi connectivity index (χ3v) is 7.57. The molecule has 5 aliphatic rings. The van der Waals surface area contributed by atoms with E-state index < -0.39 is 0 Å². The molecule has 0 aliphatic heterocycles. The van der Waals surface area contributed by atoms with Gasteiger partial charge in [0.1, 0.15) is 6.29 Å². The van der Waals surface area contributed by atoms with Crippen LogP contribution in [0.4, 0.5) is 0 Å². The van der Waals surface area contributed by atoms with Crippen molar-refractivity contribution in [3.05, 3.63) is 0 Å². The molecule has 92 valence electrons. The highest BCUT2D eigenvalue weighted by Gasteiger charge is 2.66. The lowest BCUT2D eigenvalue weighted by Crippen LogP contribution is -2.35. The van der Waals surface area contributed by atoms with E-state index in [4.69, 9.17) is 0 Å². The van der Waals surface area contributed by atoms with Gasteiger partial charge in [0, 0.05) is 5.92 Å². The van der Waals surface area contributed by atoms with E-state index in [-0.39, 0.29) is 0 Å². The second-order valence-electron chi connectivity index (χ2n) is 7.75. The van der Waals surface area contributed by atoms with Gasteiger partial charge in [-0.1, -0.05) is 0 Å². The van der Waals surface area contributed by atoms with Gasteiger partial charge in [0.05, 0.1) is 0 Å². The third-order valence-electron chi connectivity index (χ3n) is 7.57. The number of rotatable bonds is 1. The van der Waals surface area contributed by atoms with Crippen molar-refractivity contribution in [3.63, 3.8) is 0 Å². The lowest BCUT2D eigenvalue weighted by atomic mass is 9.64. The molecular weight excluding hydrogens is 208 g/mol. The first-order valence-corrected chi connectivity index (χ1v) is 7.82. The Morgan fingerprint density at radius 1 is 0.706 bits per heavy atom. The number of carbonyl (C=O) groups excluding carboxylic acids is 1. The molecule has 8 unspecified atom stereocenters. The highest BCUT2D eigenvalue weighted by Crippen LogP contribution is 2.73. The minimum absolute atomic E-state index is 0.437. The summed E-state index contributed by atoms with van der Waals surface area (Å²) in [6.07, 6.45) is 10.0. The SMILES string of the molecule is O=CC1CC2C(C1)C1CC2C2C3CCC(C3)C12. The lowest BCUT2D eigenvalue weighted by Gasteiger charge is -2.40. The van der Waals surface area contributed by atoms with Crippen molar-refractivity contribution in [3.8, 4) is 0 Å². The highest BCUT2D eigenvalue weighted by atomic mass is 16.1. The van der Waals surface area contributed by atoms with Crippen molar-refractivity contribution in [2.45, 2.75) is 38.5 Å². The second-order valence-corrected chi connectivity index (χ2v) is 7.75. The topological polar surface area (TPSA) is 17.1 Å². The van der Waals surface area contributed by atoms with E-state index in [0.29, 0.717) is 5.92 Å². The van der Waals surface area contributed by atoms with Crippen LogP contribution in [0.1, 0.15) is 38.5 Å². The van der Waals surface area contributed by atoms with Gasteiger partial charge < -0.3 is 4.79 Å². The molecule has 4 bridgehead atoms. The summed E-state index contributed by atoms with van der Waals surface area (Å²) >= 11 is 0. The van der Waals surface area contributed by atoms with Crippen molar-refractivity contribution in [1.29, 1.82) is 0 Å². The van der Waals surface area contributed by atoms with E-state index in [1.54, 1.807) is 25.7 Å². The van der Waals surface area contributed by atoms with Gasteiger partial charge in [-0.05, 0) is 85.9 Å². The van der Waals surface area contributed by atoms with Crippen LogP contribution in [0.15, 0.2) is 0 Å². The van der Waals surface area contributed by atoms with Gasteiger partial charge in [-0.15, -0.1) is 0 Å². The maximum atomic E-state index is 11.1. The summed E-state index contributed by atoms with van der Waals surface area (Å²) in [6, 6.07) is 0. The van der Waals surface area contributed by atoms with Crippen LogP contribution in [0.3, 0.4) is 0 Å². The maximum absolute atomic E-state index is 11.1. The summed E-state index contributed by atoms with van der Waals surface area (Å²) in [5, 5.41) is 0. The summed E-state index contributed by atoms with van der Waals surface area (Å²) in [7, 11) is 0. The molecule has 0 aromatic rings. The zero-order valence-electron chi connectivity index (χ0n) is 10.4. The van der Waals surface area contributed by atoms with E-state index in [1.807, 2.05) is 0 Å². The molecule has 0 aromatic heterocycles. The van der Waals surface area contributed by atoms with Gasteiger partial charge in [0.15, 0.2) is 0 Å². The first-order valence-electron chi connectivity index (χ1n) is 7.82.